The number of nitrogens with one attached hydrogen (secondary N) is 6. The number of anilines is 3. The van der Waals surface area contributed by atoms with Crippen LogP contribution in [0.1, 0.15) is 94.9 Å². The molecule has 9 rings (SSSR count). The topological polar surface area (TPSA) is 342 Å². The molecule has 0 saturated heterocycles. The lowest BCUT2D eigenvalue weighted by atomic mass is 9.84. The van der Waals surface area contributed by atoms with Gasteiger partial charge in [-0.2, -0.15) is 0 Å². The maximum absolute atomic E-state index is 14.1. The Balaban J connectivity index is 0.940. The van der Waals surface area contributed by atoms with E-state index < -0.39 is 59.5 Å². The van der Waals surface area contributed by atoms with E-state index in [4.69, 9.17) is 34.4 Å². The largest absolute Gasteiger partial charge is 0.358 e. The van der Waals surface area contributed by atoms with Crippen LogP contribution in [0.25, 0.3) is 32.7 Å². The van der Waals surface area contributed by atoms with Crippen molar-refractivity contribution < 1.29 is 28.8 Å². The van der Waals surface area contributed by atoms with Gasteiger partial charge in [0, 0.05) is 110 Å². The molecule has 0 spiro atoms. The minimum atomic E-state index is -1.15. The number of hydrogen-bond acceptors (Lipinski definition) is 12. The molecule has 0 saturated carbocycles. The van der Waals surface area contributed by atoms with Crippen molar-refractivity contribution in [3.05, 3.63) is 196 Å². The van der Waals surface area contributed by atoms with Crippen molar-refractivity contribution in [2.24, 2.45) is 52.2 Å². The normalized spacial score (nSPS) is 14.0. The number of ketones is 3. The number of benzene rings is 6. The molecule has 6 atom stereocenters. The second-order valence-electron chi connectivity index (χ2n) is 23.2. The lowest BCUT2D eigenvalue weighted by Gasteiger charge is -2.24. The highest BCUT2D eigenvalue weighted by Crippen LogP contribution is 2.35. The third-order valence-electron chi connectivity index (χ3n) is 17.3. The Hall–Kier alpha value is -8.88. The lowest BCUT2D eigenvalue weighted by molar-refractivity contribution is -0.128. The van der Waals surface area contributed by atoms with Gasteiger partial charge in [-0.1, -0.05) is 91.0 Å². The standard InChI is InChI=1S/C70H82N12O6/c1-40-55(49-13-4-7-19-58(49)77-40)37-61(83)52(16-10-34-71)65(74)68(86)80-46-28-22-43(23-29-46)64(44-24-30-47(31-25-44)81-69(87)66(75)53(17-11-35-72)62(84)38-56-41(2)78-59-20-8-5-14-50(56)59)45-26-32-48(33-27-45)82-70(88)67(76)54(18-12-36-73)63(85)39-57-42(3)79-60-21-9-6-15-51(57)60/h4-9,13-15,19-33,52-54,64-67,77-79H,10-12,16-18,34-39,71-76H2,1-3H3,(H,80,86)(H,81,87)(H,82,88)/t52?,53?,54?,64?,65-,66-,67-/m0/s1. The van der Waals surface area contributed by atoms with E-state index in [2.05, 4.69) is 30.9 Å². The number of aromatic amines is 3. The van der Waals surface area contributed by atoms with Crippen LogP contribution >= 0.6 is 0 Å². The SMILES string of the molecule is Cc1[nH]c2ccccc2c1CC(=O)C(CCCN)[C@H](N)C(=O)Nc1ccc(C(c2ccc(NC(=O)[C@@H](N)C(CCCN)C(=O)Cc3c(C)[nH]c4ccccc34)cc2)c2ccc(NC(=O)[C@@H](N)C(CCCN)C(=O)Cc3c(C)[nH]c4ccccc34)cc2)cc1. The van der Waals surface area contributed by atoms with E-state index in [9.17, 15) is 28.8 Å². The molecule has 0 bridgehead atoms. The molecule has 3 amide bonds. The van der Waals surface area contributed by atoms with Crippen molar-refractivity contribution in [1.82, 2.24) is 15.0 Å². The number of H-pyrrole nitrogens is 3. The van der Waals surface area contributed by atoms with Crippen LogP contribution in [0.3, 0.4) is 0 Å². The molecule has 6 aromatic carbocycles. The monoisotopic (exact) mass is 1190 g/mol. The minimum Gasteiger partial charge on any atom is -0.358 e. The summed E-state index contributed by atoms with van der Waals surface area (Å²) in [6.45, 7) is 6.79. The molecule has 3 unspecified atom stereocenters. The zero-order valence-corrected chi connectivity index (χ0v) is 50.3. The van der Waals surface area contributed by atoms with Gasteiger partial charge in [0.1, 0.15) is 17.3 Å². The fourth-order valence-electron chi connectivity index (χ4n) is 12.3. The Labute approximate surface area is 512 Å². The van der Waals surface area contributed by atoms with Crippen LogP contribution in [0.5, 0.6) is 0 Å². The molecule has 9 aromatic rings. The fourth-order valence-corrected chi connectivity index (χ4v) is 12.3. The highest BCUT2D eigenvalue weighted by Gasteiger charge is 2.34. The average Bonchev–Trinajstić information content (AvgIpc) is 2.44. The second-order valence-corrected chi connectivity index (χ2v) is 23.2. The average molecular weight is 1190 g/mol. The summed E-state index contributed by atoms with van der Waals surface area (Å²) in [5.41, 5.74) is 49.6. The molecule has 88 heavy (non-hydrogen) atoms. The Morgan fingerprint density at radius 3 is 0.875 bits per heavy atom. The first-order chi connectivity index (χ1) is 42.5. The fraction of sp³-hybridized carbons (Fsp3) is 0.314. The summed E-state index contributed by atoms with van der Waals surface area (Å²) in [6, 6.07) is 41.9. The van der Waals surface area contributed by atoms with Crippen LogP contribution in [0.2, 0.25) is 0 Å². The van der Waals surface area contributed by atoms with Crippen LogP contribution in [0.4, 0.5) is 17.1 Å². The number of aromatic nitrogens is 3. The summed E-state index contributed by atoms with van der Waals surface area (Å²) in [5.74, 6) is -4.76. The zero-order chi connectivity index (χ0) is 62.6. The van der Waals surface area contributed by atoms with E-state index >= 15 is 0 Å². The van der Waals surface area contributed by atoms with E-state index in [-0.39, 0.29) is 36.6 Å². The number of para-hydroxylation sites is 3. The number of fused-ring (bicyclic) bond motifs is 3. The number of amides is 3. The molecule has 0 fully saturated rings. The number of hydrogen-bond donors (Lipinski definition) is 12. The van der Waals surface area contributed by atoms with Crippen molar-refractivity contribution in [3.8, 4) is 0 Å². The molecule has 0 aliphatic carbocycles. The van der Waals surface area contributed by atoms with Crippen molar-refractivity contribution >= 4 is 84.8 Å². The first-order valence-electron chi connectivity index (χ1n) is 30.3. The first-order valence-corrected chi connectivity index (χ1v) is 30.3. The van der Waals surface area contributed by atoms with Gasteiger partial charge in [0.05, 0.1) is 18.1 Å². The number of nitrogens with two attached hydrogens (primary N) is 6. The van der Waals surface area contributed by atoms with E-state index in [1.54, 1.807) is 36.4 Å². The second kappa shape index (κ2) is 29.2. The Morgan fingerprint density at radius 1 is 0.375 bits per heavy atom. The summed E-state index contributed by atoms with van der Waals surface area (Å²) in [4.78, 5) is 94.2. The van der Waals surface area contributed by atoms with Gasteiger partial charge in [-0.05, 0) is 167 Å². The van der Waals surface area contributed by atoms with Gasteiger partial charge in [0.25, 0.3) is 0 Å². The lowest BCUT2D eigenvalue weighted by Crippen LogP contribution is -2.45. The number of carbonyl (C=O) groups is 6. The van der Waals surface area contributed by atoms with Crippen LogP contribution in [-0.2, 0) is 48.0 Å². The van der Waals surface area contributed by atoms with Gasteiger partial charge in [-0.15, -0.1) is 0 Å². The number of aryl methyl sites for hydroxylation is 3. The van der Waals surface area contributed by atoms with Gasteiger partial charge < -0.3 is 65.3 Å². The Bertz CT molecular complexity index is 3520. The molecule has 0 radical (unpaired) electrons. The minimum absolute atomic E-state index is 0.108. The Morgan fingerprint density at radius 2 is 0.625 bits per heavy atom. The summed E-state index contributed by atoms with van der Waals surface area (Å²) >= 11 is 0. The quantitative estimate of drug-likeness (QED) is 0.0188. The molecule has 3 aromatic heterocycles. The van der Waals surface area contributed by atoms with Gasteiger partial charge in [-0.3, -0.25) is 28.8 Å². The van der Waals surface area contributed by atoms with E-state index in [1.165, 1.54) is 0 Å². The van der Waals surface area contributed by atoms with Crippen molar-refractivity contribution in [2.45, 2.75) is 103 Å². The molecule has 18 heteroatoms. The number of Topliss-reactive ketones (excluding diaryl/α,β-unsaturated/α-hetero) is 3. The number of carbonyl (C=O) groups excluding carboxylic acids is 6. The highest BCUT2D eigenvalue weighted by atomic mass is 16.2. The van der Waals surface area contributed by atoms with Gasteiger partial charge in [-0.25, -0.2) is 0 Å². The van der Waals surface area contributed by atoms with E-state index in [1.807, 2.05) is 130 Å². The summed E-state index contributed by atoms with van der Waals surface area (Å²) < 4.78 is 0. The molecule has 3 heterocycles. The molecule has 18 nitrogen and oxygen atoms in total. The Kier molecular flexibility index (Phi) is 21.1. The van der Waals surface area contributed by atoms with Crippen molar-refractivity contribution in [1.29, 1.82) is 0 Å². The molecular weight excluding hydrogens is 1100 g/mol. The van der Waals surface area contributed by atoms with Gasteiger partial charge in [0.15, 0.2) is 0 Å². The molecule has 458 valence electrons. The predicted molar refractivity (Wildman–Crippen MR) is 351 cm³/mol. The van der Waals surface area contributed by atoms with Crippen LogP contribution in [-0.4, -0.2) is 87.8 Å². The zero-order valence-electron chi connectivity index (χ0n) is 50.3. The van der Waals surface area contributed by atoms with E-state index in [0.717, 1.165) is 83.2 Å². The predicted octanol–water partition coefficient (Wildman–Crippen LogP) is 8.53. The summed E-state index contributed by atoms with van der Waals surface area (Å²) in [5, 5.41) is 11.7. The third kappa shape index (κ3) is 14.7. The summed E-state index contributed by atoms with van der Waals surface area (Å²) in [6.07, 6.45) is 2.89. The maximum atomic E-state index is 14.1. The van der Waals surface area contributed by atoms with Gasteiger partial charge >= 0.3 is 0 Å². The molecule has 0 aliphatic heterocycles. The van der Waals surface area contributed by atoms with Gasteiger partial charge in [0.2, 0.25) is 17.7 Å². The maximum Gasteiger partial charge on any atom is 0.242 e. The van der Waals surface area contributed by atoms with Crippen molar-refractivity contribution in [3.63, 3.8) is 0 Å². The number of rotatable bonds is 30. The van der Waals surface area contributed by atoms with E-state index in [0.29, 0.717) is 75.2 Å². The van der Waals surface area contributed by atoms with Crippen LogP contribution in [0, 0.1) is 38.5 Å². The molecule has 0 aliphatic rings. The third-order valence-corrected chi connectivity index (χ3v) is 17.3. The summed E-state index contributed by atoms with van der Waals surface area (Å²) in [7, 11) is 0. The first kappa shape index (κ1) is 63.6. The molecular formula is C70H82N12O6. The highest BCUT2D eigenvalue weighted by molar-refractivity contribution is 6.03. The molecule has 18 N–H and O–H groups in total. The van der Waals surface area contributed by atoms with Crippen molar-refractivity contribution in [2.75, 3.05) is 35.6 Å². The smallest absolute Gasteiger partial charge is 0.242 e. The van der Waals surface area contributed by atoms with Crippen LogP contribution < -0.4 is 50.4 Å². The van der Waals surface area contributed by atoms with Crippen LogP contribution in [0.15, 0.2) is 146 Å².